The van der Waals surface area contributed by atoms with Crippen molar-refractivity contribution < 1.29 is 4.74 Å². The summed E-state index contributed by atoms with van der Waals surface area (Å²) in [5, 5.41) is 3.62. The summed E-state index contributed by atoms with van der Waals surface area (Å²) in [6.45, 7) is 8.86. The molecule has 1 heterocycles. The molecule has 3 nitrogen and oxygen atoms in total. The van der Waals surface area contributed by atoms with Crippen molar-refractivity contribution in [3.05, 3.63) is 29.3 Å². The Labute approximate surface area is 129 Å². The quantitative estimate of drug-likeness (QED) is 0.899. The Morgan fingerprint density at radius 1 is 1.38 bits per heavy atom. The molecule has 21 heavy (non-hydrogen) atoms. The van der Waals surface area contributed by atoms with E-state index in [0.29, 0.717) is 18.0 Å². The van der Waals surface area contributed by atoms with Gasteiger partial charge in [0.05, 0.1) is 7.11 Å². The smallest absolute Gasteiger partial charge is 0.121 e. The lowest BCUT2D eigenvalue weighted by molar-refractivity contribution is 0.118. The molecule has 118 valence electrons. The molecule has 1 N–H and O–H groups in total. The second-order valence-corrected chi connectivity index (χ2v) is 6.62. The lowest BCUT2D eigenvalue weighted by atomic mass is 9.84. The van der Waals surface area contributed by atoms with Crippen LogP contribution in [0, 0.1) is 12.8 Å². The van der Waals surface area contributed by atoms with Crippen molar-refractivity contribution in [2.75, 3.05) is 27.2 Å². The number of nitrogens with zero attached hydrogens (tertiary/aromatic N) is 1. The van der Waals surface area contributed by atoms with E-state index in [-0.39, 0.29) is 0 Å². The van der Waals surface area contributed by atoms with E-state index in [4.69, 9.17) is 4.74 Å². The van der Waals surface area contributed by atoms with Crippen LogP contribution in [0.5, 0.6) is 5.75 Å². The standard InChI is InChI=1S/C18H30N2O/c1-13(2)19-12-16-7-6-10-20(4)18(16)15-8-9-17(21-5)14(3)11-15/h8-9,11,13,16,18-19H,6-7,10,12H2,1-5H3. The monoisotopic (exact) mass is 290 g/mol. The van der Waals surface area contributed by atoms with Crippen LogP contribution in [0.1, 0.15) is 43.9 Å². The van der Waals surface area contributed by atoms with Crippen LogP contribution in [-0.4, -0.2) is 38.2 Å². The molecule has 1 aliphatic heterocycles. The molecular weight excluding hydrogens is 260 g/mol. The molecule has 0 amide bonds. The number of aryl methyl sites for hydroxylation is 1. The van der Waals surface area contributed by atoms with Crippen molar-refractivity contribution in [1.29, 1.82) is 0 Å². The largest absolute Gasteiger partial charge is 0.496 e. The molecule has 2 unspecified atom stereocenters. The number of benzene rings is 1. The molecule has 1 saturated heterocycles. The van der Waals surface area contributed by atoms with Crippen LogP contribution in [0.4, 0.5) is 0 Å². The van der Waals surface area contributed by atoms with Crippen molar-refractivity contribution in [3.8, 4) is 5.75 Å². The number of likely N-dealkylation sites (tertiary alicyclic amines) is 1. The van der Waals surface area contributed by atoms with Crippen molar-refractivity contribution in [1.82, 2.24) is 10.2 Å². The van der Waals surface area contributed by atoms with Crippen LogP contribution in [0.15, 0.2) is 18.2 Å². The first kappa shape index (κ1) is 16.3. The Bertz CT molecular complexity index is 459. The van der Waals surface area contributed by atoms with Crippen molar-refractivity contribution in [2.24, 2.45) is 5.92 Å². The van der Waals surface area contributed by atoms with Gasteiger partial charge in [0.15, 0.2) is 0 Å². The number of piperidine rings is 1. The van der Waals surface area contributed by atoms with Gasteiger partial charge < -0.3 is 10.1 Å². The molecular formula is C18H30N2O. The molecule has 2 atom stereocenters. The van der Waals surface area contributed by atoms with E-state index in [1.165, 1.54) is 30.5 Å². The molecule has 1 aromatic rings. The number of rotatable bonds is 5. The number of hydrogen-bond donors (Lipinski definition) is 1. The summed E-state index contributed by atoms with van der Waals surface area (Å²) >= 11 is 0. The van der Waals surface area contributed by atoms with E-state index in [1.54, 1.807) is 7.11 Å². The minimum absolute atomic E-state index is 0.509. The third-order valence-electron chi connectivity index (χ3n) is 4.56. The summed E-state index contributed by atoms with van der Waals surface area (Å²) in [6, 6.07) is 7.71. The van der Waals surface area contributed by atoms with Gasteiger partial charge in [0, 0.05) is 18.6 Å². The lowest BCUT2D eigenvalue weighted by Gasteiger charge is -2.40. The molecule has 0 aliphatic carbocycles. The van der Waals surface area contributed by atoms with Gasteiger partial charge in [-0.15, -0.1) is 0 Å². The van der Waals surface area contributed by atoms with Crippen LogP contribution in [0.25, 0.3) is 0 Å². The summed E-state index contributed by atoms with van der Waals surface area (Å²) in [5.41, 5.74) is 2.65. The molecule has 3 heteroatoms. The normalized spacial score (nSPS) is 23.5. The Kier molecular flexibility index (Phi) is 5.65. The van der Waals surface area contributed by atoms with Crippen LogP contribution in [-0.2, 0) is 0 Å². The summed E-state index contributed by atoms with van der Waals surface area (Å²) in [6.07, 6.45) is 2.60. The third kappa shape index (κ3) is 3.98. The maximum absolute atomic E-state index is 5.39. The number of hydrogen-bond acceptors (Lipinski definition) is 3. The molecule has 0 aromatic heterocycles. The van der Waals surface area contributed by atoms with Gasteiger partial charge in [0.1, 0.15) is 5.75 Å². The molecule has 0 spiro atoms. The zero-order chi connectivity index (χ0) is 15.4. The molecule has 0 bridgehead atoms. The maximum atomic E-state index is 5.39. The highest BCUT2D eigenvalue weighted by molar-refractivity contribution is 5.37. The third-order valence-corrected chi connectivity index (χ3v) is 4.56. The van der Waals surface area contributed by atoms with Gasteiger partial charge in [-0.1, -0.05) is 26.0 Å². The van der Waals surface area contributed by atoms with Crippen LogP contribution >= 0.6 is 0 Å². The first-order chi connectivity index (χ1) is 10.0. The van der Waals surface area contributed by atoms with E-state index >= 15 is 0 Å². The van der Waals surface area contributed by atoms with Gasteiger partial charge in [-0.3, -0.25) is 4.90 Å². The zero-order valence-corrected chi connectivity index (χ0v) is 14.1. The van der Waals surface area contributed by atoms with Gasteiger partial charge in [-0.05, 0) is 56.5 Å². The van der Waals surface area contributed by atoms with E-state index in [0.717, 1.165) is 12.3 Å². The van der Waals surface area contributed by atoms with E-state index in [2.05, 4.69) is 56.2 Å². The summed E-state index contributed by atoms with van der Waals surface area (Å²) < 4.78 is 5.39. The predicted octanol–water partition coefficient (Wildman–Crippen LogP) is 3.38. The highest BCUT2D eigenvalue weighted by Gasteiger charge is 2.30. The van der Waals surface area contributed by atoms with Crippen molar-refractivity contribution in [3.63, 3.8) is 0 Å². The van der Waals surface area contributed by atoms with Gasteiger partial charge >= 0.3 is 0 Å². The topological polar surface area (TPSA) is 24.5 Å². The average Bonchev–Trinajstić information content (AvgIpc) is 2.45. The number of methoxy groups -OCH3 is 1. The van der Waals surface area contributed by atoms with Crippen molar-refractivity contribution in [2.45, 2.75) is 45.7 Å². The van der Waals surface area contributed by atoms with Gasteiger partial charge in [0.25, 0.3) is 0 Å². The second kappa shape index (κ2) is 7.28. The predicted molar refractivity (Wildman–Crippen MR) is 89.0 cm³/mol. The van der Waals surface area contributed by atoms with E-state index in [1.807, 2.05) is 0 Å². The minimum atomic E-state index is 0.509. The highest BCUT2D eigenvalue weighted by Crippen LogP contribution is 2.36. The number of nitrogens with one attached hydrogen (secondary N) is 1. The fourth-order valence-corrected chi connectivity index (χ4v) is 3.47. The first-order valence-electron chi connectivity index (χ1n) is 8.11. The zero-order valence-electron chi connectivity index (χ0n) is 14.1. The summed E-state index contributed by atoms with van der Waals surface area (Å²) in [5.74, 6) is 1.66. The maximum Gasteiger partial charge on any atom is 0.121 e. The van der Waals surface area contributed by atoms with Gasteiger partial charge in [-0.2, -0.15) is 0 Å². The molecule has 1 fully saturated rings. The fraction of sp³-hybridized carbons (Fsp3) is 0.667. The molecule has 0 saturated carbocycles. The Balaban J connectivity index is 2.20. The molecule has 0 radical (unpaired) electrons. The Hall–Kier alpha value is -1.06. The van der Waals surface area contributed by atoms with Gasteiger partial charge in [0.2, 0.25) is 0 Å². The van der Waals surface area contributed by atoms with E-state index in [9.17, 15) is 0 Å². The van der Waals surface area contributed by atoms with Crippen molar-refractivity contribution >= 4 is 0 Å². The average molecular weight is 290 g/mol. The Morgan fingerprint density at radius 2 is 2.14 bits per heavy atom. The van der Waals surface area contributed by atoms with E-state index < -0.39 is 0 Å². The second-order valence-electron chi connectivity index (χ2n) is 6.62. The fourth-order valence-electron chi connectivity index (χ4n) is 3.47. The summed E-state index contributed by atoms with van der Waals surface area (Å²) in [4.78, 5) is 2.51. The van der Waals surface area contributed by atoms with Crippen LogP contribution in [0.3, 0.4) is 0 Å². The first-order valence-corrected chi connectivity index (χ1v) is 8.11. The summed E-state index contributed by atoms with van der Waals surface area (Å²) in [7, 11) is 4.00. The lowest BCUT2D eigenvalue weighted by Crippen LogP contribution is -2.41. The SMILES string of the molecule is COc1ccc(C2C(CNC(C)C)CCCN2C)cc1C. The van der Waals surface area contributed by atoms with Crippen LogP contribution < -0.4 is 10.1 Å². The number of ether oxygens (including phenoxy) is 1. The molecule has 2 rings (SSSR count). The highest BCUT2D eigenvalue weighted by atomic mass is 16.5. The van der Waals surface area contributed by atoms with Gasteiger partial charge in [-0.25, -0.2) is 0 Å². The molecule has 1 aromatic carbocycles. The minimum Gasteiger partial charge on any atom is -0.496 e. The molecule has 1 aliphatic rings. The van der Waals surface area contributed by atoms with Crippen LogP contribution in [0.2, 0.25) is 0 Å². The Morgan fingerprint density at radius 3 is 2.76 bits per heavy atom.